The molecule has 2 aromatic carbocycles. The average molecular weight is 571 g/mol. The number of hydrogen-bond donors (Lipinski definition) is 2. The summed E-state index contributed by atoms with van der Waals surface area (Å²) in [6.07, 6.45) is -1.47. The smallest absolute Gasteiger partial charge is 0.407 e. The van der Waals surface area contributed by atoms with Crippen LogP contribution in [0.15, 0.2) is 53.4 Å². The van der Waals surface area contributed by atoms with Gasteiger partial charge in [-0.3, -0.25) is 0 Å². The number of ether oxygens (including phenoxy) is 3. The van der Waals surface area contributed by atoms with E-state index in [1.54, 1.807) is 21.0 Å². The van der Waals surface area contributed by atoms with Crippen LogP contribution in [0, 0.1) is 11.7 Å². The fourth-order valence-electron chi connectivity index (χ4n) is 3.87. The molecular formula is C27H39FN2O8S. The molecule has 0 spiro atoms. The fourth-order valence-corrected chi connectivity index (χ4v) is 5.05. The highest BCUT2D eigenvalue weighted by Gasteiger charge is 2.30. The number of hydrogen-bond acceptors (Lipinski definition) is 7. The molecule has 218 valence electrons. The first-order chi connectivity index (χ1) is 18.5. The van der Waals surface area contributed by atoms with E-state index in [4.69, 9.17) is 19.3 Å². The maximum Gasteiger partial charge on any atom is 0.407 e. The predicted octanol–water partition coefficient (Wildman–Crippen LogP) is 3.44. The molecule has 0 unspecified atom stereocenters. The Bertz CT molecular complexity index is 1120. The van der Waals surface area contributed by atoms with Crippen molar-refractivity contribution in [1.82, 2.24) is 9.21 Å². The molecular weight excluding hydrogens is 531 g/mol. The van der Waals surface area contributed by atoms with Crippen LogP contribution >= 0.6 is 0 Å². The maximum absolute atomic E-state index is 13.3. The van der Waals surface area contributed by atoms with E-state index in [2.05, 4.69) is 0 Å². The van der Waals surface area contributed by atoms with Crippen molar-refractivity contribution in [2.45, 2.75) is 43.9 Å². The lowest BCUT2D eigenvalue weighted by Crippen LogP contribution is -2.47. The van der Waals surface area contributed by atoms with Crippen LogP contribution in [0.5, 0.6) is 5.75 Å². The summed E-state index contributed by atoms with van der Waals surface area (Å²) in [6.45, 7) is 4.04. The van der Waals surface area contributed by atoms with E-state index in [9.17, 15) is 22.7 Å². The number of likely N-dealkylation sites (N-methyl/N-ethyl adjacent to an activating group) is 1. The number of methoxy groups -OCH3 is 1. The molecule has 0 aromatic heterocycles. The number of carbonyl (C=O) groups is 1. The van der Waals surface area contributed by atoms with E-state index in [0.717, 1.165) is 27.8 Å². The first kappa shape index (κ1) is 32.4. The van der Waals surface area contributed by atoms with E-state index in [1.807, 2.05) is 24.3 Å². The zero-order chi connectivity index (χ0) is 29.0. The second-order valence-electron chi connectivity index (χ2n) is 9.35. The van der Waals surface area contributed by atoms with Crippen LogP contribution in [0.3, 0.4) is 0 Å². The quantitative estimate of drug-likeness (QED) is 0.277. The number of rotatable bonds is 17. The van der Waals surface area contributed by atoms with Crippen LogP contribution < -0.4 is 4.74 Å². The summed E-state index contributed by atoms with van der Waals surface area (Å²) in [5.41, 5.74) is 0.918. The Morgan fingerprint density at radius 3 is 2.26 bits per heavy atom. The van der Waals surface area contributed by atoms with Crippen molar-refractivity contribution >= 4 is 16.1 Å². The summed E-state index contributed by atoms with van der Waals surface area (Å²) >= 11 is 0. The summed E-state index contributed by atoms with van der Waals surface area (Å²) < 4.78 is 57.2. The molecule has 0 aliphatic carbocycles. The highest BCUT2D eigenvalue weighted by Crippen LogP contribution is 2.20. The number of aliphatic hydroxyl groups excluding tert-OH is 1. The van der Waals surface area contributed by atoms with Crippen LogP contribution in [0.2, 0.25) is 0 Å². The van der Waals surface area contributed by atoms with Gasteiger partial charge in [0.25, 0.3) is 0 Å². The molecule has 0 aliphatic heterocycles. The van der Waals surface area contributed by atoms with Gasteiger partial charge in [0.1, 0.15) is 11.6 Å². The van der Waals surface area contributed by atoms with E-state index < -0.39 is 40.0 Å². The molecule has 10 nitrogen and oxygen atoms in total. The first-order valence-corrected chi connectivity index (χ1v) is 14.1. The van der Waals surface area contributed by atoms with Gasteiger partial charge in [0, 0.05) is 39.3 Å². The third kappa shape index (κ3) is 10.0. The Labute approximate surface area is 229 Å². The lowest BCUT2D eigenvalue weighted by Gasteiger charge is -2.34. The van der Waals surface area contributed by atoms with Gasteiger partial charge in [0.2, 0.25) is 10.0 Å². The number of nitrogens with zero attached hydrogens (tertiary/aromatic N) is 2. The average Bonchev–Trinajstić information content (AvgIpc) is 2.91. The van der Waals surface area contributed by atoms with E-state index in [1.165, 1.54) is 24.1 Å². The second kappa shape index (κ2) is 15.7. The maximum atomic E-state index is 13.3. The minimum Gasteiger partial charge on any atom is -0.497 e. The molecule has 0 aliphatic rings. The summed E-state index contributed by atoms with van der Waals surface area (Å²) in [5.74, 6) is -0.231. The number of sulfonamides is 1. The number of amides is 1. The summed E-state index contributed by atoms with van der Waals surface area (Å²) in [4.78, 5) is 13.3. The molecule has 0 radical (unpaired) electrons. The van der Waals surface area contributed by atoms with Crippen molar-refractivity contribution in [2.75, 3.05) is 47.1 Å². The molecule has 39 heavy (non-hydrogen) atoms. The third-order valence-corrected chi connectivity index (χ3v) is 8.11. The van der Waals surface area contributed by atoms with Crippen molar-refractivity contribution in [3.63, 3.8) is 0 Å². The minimum absolute atomic E-state index is 0.0661. The zero-order valence-electron chi connectivity index (χ0n) is 22.8. The molecule has 2 aromatic rings. The molecule has 0 saturated heterocycles. The van der Waals surface area contributed by atoms with Crippen molar-refractivity contribution < 1.29 is 42.0 Å². The Morgan fingerprint density at radius 2 is 1.69 bits per heavy atom. The van der Waals surface area contributed by atoms with Gasteiger partial charge in [0.15, 0.2) is 0 Å². The van der Waals surface area contributed by atoms with Gasteiger partial charge in [-0.05, 0) is 55.3 Å². The molecule has 2 N–H and O–H groups in total. The van der Waals surface area contributed by atoms with Gasteiger partial charge in [-0.15, -0.1) is 0 Å². The molecule has 0 bridgehead atoms. The van der Waals surface area contributed by atoms with Crippen LogP contribution in [0.1, 0.15) is 25.8 Å². The largest absolute Gasteiger partial charge is 0.497 e. The molecule has 3 atom stereocenters. The van der Waals surface area contributed by atoms with Gasteiger partial charge >= 0.3 is 6.09 Å². The standard InChI is InChI=1S/C27H39FN2O8S/c1-20(16-30(27(32)33)21(2)18-37-19-22-6-10-24(36-4)11-7-22)26(38-15-5-14-31)17-29(3)39(34,35)25-12-8-23(28)9-13-25/h6-13,20-21,26,31H,5,14-19H2,1-4H3,(H,32,33)/t20-,21+,26+/m1/s1. The summed E-state index contributed by atoms with van der Waals surface area (Å²) in [7, 11) is -0.969. The number of carboxylic acid groups (broad SMARTS) is 1. The van der Waals surface area contributed by atoms with Crippen LogP contribution in [0.4, 0.5) is 9.18 Å². The lowest BCUT2D eigenvalue weighted by atomic mass is 10.0. The Morgan fingerprint density at radius 1 is 1.05 bits per heavy atom. The van der Waals surface area contributed by atoms with E-state index in [0.29, 0.717) is 13.0 Å². The van der Waals surface area contributed by atoms with Crippen LogP contribution in [-0.4, -0.2) is 93.1 Å². The molecule has 12 heteroatoms. The molecule has 0 saturated carbocycles. The normalized spacial score (nSPS) is 14.1. The topological polar surface area (TPSA) is 126 Å². The molecule has 0 heterocycles. The SMILES string of the molecule is COc1ccc(COC[C@H](C)N(C[C@@H](C)[C@H](CN(C)S(=O)(=O)c2ccc(F)cc2)OCCCO)C(=O)O)cc1. The monoisotopic (exact) mass is 570 g/mol. The first-order valence-electron chi connectivity index (χ1n) is 12.6. The predicted molar refractivity (Wildman–Crippen MR) is 144 cm³/mol. The Kier molecular flexibility index (Phi) is 13.1. The van der Waals surface area contributed by atoms with Gasteiger partial charge in [0.05, 0.1) is 37.4 Å². The van der Waals surface area contributed by atoms with Crippen LogP contribution in [0.25, 0.3) is 0 Å². The van der Waals surface area contributed by atoms with Crippen molar-refractivity contribution in [2.24, 2.45) is 5.92 Å². The number of benzene rings is 2. The molecule has 2 rings (SSSR count). The van der Waals surface area contributed by atoms with Crippen molar-refractivity contribution in [3.05, 3.63) is 59.9 Å². The highest BCUT2D eigenvalue weighted by atomic mass is 32.2. The highest BCUT2D eigenvalue weighted by molar-refractivity contribution is 7.89. The van der Waals surface area contributed by atoms with Gasteiger partial charge in [-0.1, -0.05) is 19.1 Å². The zero-order valence-corrected chi connectivity index (χ0v) is 23.6. The minimum atomic E-state index is -3.94. The Hall–Kier alpha value is -2.77. The van der Waals surface area contributed by atoms with E-state index in [-0.39, 0.29) is 37.8 Å². The third-order valence-electron chi connectivity index (χ3n) is 6.28. The van der Waals surface area contributed by atoms with Crippen LogP contribution in [-0.2, 0) is 26.1 Å². The van der Waals surface area contributed by atoms with E-state index >= 15 is 0 Å². The van der Waals surface area contributed by atoms with Crippen molar-refractivity contribution in [3.8, 4) is 5.75 Å². The van der Waals surface area contributed by atoms with Gasteiger partial charge in [-0.25, -0.2) is 17.6 Å². The lowest BCUT2D eigenvalue weighted by molar-refractivity contribution is -0.0135. The van der Waals surface area contributed by atoms with Gasteiger partial charge < -0.3 is 29.3 Å². The van der Waals surface area contributed by atoms with Crippen molar-refractivity contribution in [1.29, 1.82) is 0 Å². The Balaban J connectivity index is 2.06. The summed E-state index contributed by atoms with van der Waals surface area (Å²) in [5, 5.41) is 19.0. The molecule has 1 amide bonds. The van der Waals surface area contributed by atoms with Gasteiger partial charge in [-0.2, -0.15) is 4.31 Å². The summed E-state index contributed by atoms with van der Waals surface area (Å²) in [6, 6.07) is 11.4. The molecule has 0 fully saturated rings. The number of halogens is 1. The second-order valence-corrected chi connectivity index (χ2v) is 11.4. The fraction of sp³-hybridized carbons (Fsp3) is 0.519. The number of aliphatic hydroxyl groups is 1.